The standard InChI is InChI=1S/C61H112O6/c1-4-7-10-13-16-19-22-25-27-29-31-33-36-39-42-45-48-51-54-60(63)66-57-58(56-65-59(62)53-50-47-44-41-38-35-24-21-18-15-12-9-6-3)67-61(64)55-52-49-46-43-40-37-34-32-30-28-26-23-20-17-14-11-8-5-2/h31,33,35,38,44,47,58H,4-30,32,34,36-37,39-43,45-46,48-57H2,1-3H3/b33-31+,38-35+,47-44+. The lowest BCUT2D eigenvalue weighted by atomic mass is 10.0. The minimum absolute atomic E-state index is 0.0899. The van der Waals surface area contributed by atoms with Gasteiger partial charge in [-0.3, -0.25) is 14.4 Å². The van der Waals surface area contributed by atoms with Crippen molar-refractivity contribution < 1.29 is 28.6 Å². The summed E-state index contributed by atoms with van der Waals surface area (Å²) in [6, 6.07) is 0. The van der Waals surface area contributed by atoms with Crippen molar-refractivity contribution >= 4 is 17.9 Å². The minimum Gasteiger partial charge on any atom is -0.462 e. The molecule has 0 aliphatic rings. The average molecular weight is 942 g/mol. The zero-order valence-corrected chi connectivity index (χ0v) is 44.9. The first-order chi connectivity index (χ1) is 33.0. The fourth-order valence-corrected chi connectivity index (χ4v) is 8.67. The summed E-state index contributed by atoms with van der Waals surface area (Å²) in [7, 11) is 0. The third-order valence-corrected chi connectivity index (χ3v) is 13.1. The lowest BCUT2D eigenvalue weighted by molar-refractivity contribution is -0.166. The Balaban J connectivity index is 4.37. The molecule has 0 aromatic heterocycles. The highest BCUT2D eigenvalue weighted by Gasteiger charge is 2.19. The Bertz CT molecular complexity index is 1130. The first-order valence-electron chi connectivity index (χ1n) is 29.5. The van der Waals surface area contributed by atoms with Crippen LogP contribution in [-0.2, 0) is 28.6 Å². The van der Waals surface area contributed by atoms with Gasteiger partial charge in [-0.25, -0.2) is 0 Å². The zero-order valence-electron chi connectivity index (χ0n) is 44.9. The molecular weight excluding hydrogens is 829 g/mol. The van der Waals surface area contributed by atoms with Crippen LogP contribution < -0.4 is 0 Å². The fraction of sp³-hybridized carbons (Fsp3) is 0.852. The molecule has 0 radical (unpaired) electrons. The number of ether oxygens (including phenoxy) is 3. The third-order valence-electron chi connectivity index (χ3n) is 13.1. The first-order valence-corrected chi connectivity index (χ1v) is 29.5. The first kappa shape index (κ1) is 64.6. The second-order valence-corrected chi connectivity index (χ2v) is 19.9. The van der Waals surface area contributed by atoms with Crippen LogP contribution in [0.1, 0.15) is 316 Å². The van der Waals surface area contributed by atoms with Crippen molar-refractivity contribution in [1.29, 1.82) is 0 Å². The van der Waals surface area contributed by atoms with Gasteiger partial charge < -0.3 is 14.2 Å². The number of carbonyl (C=O) groups is 3. The summed E-state index contributed by atoms with van der Waals surface area (Å²) in [5.74, 6) is -0.950. The second kappa shape index (κ2) is 56.2. The van der Waals surface area contributed by atoms with E-state index in [2.05, 4.69) is 51.2 Å². The van der Waals surface area contributed by atoms with E-state index in [0.717, 1.165) is 57.8 Å². The Morgan fingerprint density at radius 1 is 0.299 bits per heavy atom. The monoisotopic (exact) mass is 941 g/mol. The minimum atomic E-state index is -0.795. The maximum Gasteiger partial charge on any atom is 0.306 e. The molecule has 0 saturated heterocycles. The number of rotatable bonds is 54. The van der Waals surface area contributed by atoms with E-state index >= 15 is 0 Å². The predicted octanol–water partition coefficient (Wildman–Crippen LogP) is 19.7. The molecule has 0 rings (SSSR count). The number of esters is 3. The molecule has 6 heteroatoms. The molecule has 1 atom stereocenters. The second-order valence-electron chi connectivity index (χ2n) is 19.9. The molecular formula is C61H112O6. The normalized spacial score (nSPS) is 12.2. The molecule has 0 aromatic carbocycles. The zero-order chi connectivity index (χ0) is 48.6. The van der Waals surface area contributed by atoms with Crippen LogP contribution in [0.15, 0.2) is 36.5 Å². The number of carbonyl (C=O) groups excluding carboxylic acids is 3. The Labute approximate surface area is 416 Å². The largest absolute Gasteiger partial charge is 0.462 e. The van der Waals surface area contributed by atoms with Gasteiger partial charge in [0.1, 0.15) is 13.2 Å². The van der Waals surface area contributed by atoms with Gasteiger partial charge in [-0.15, -0.1) is 0 Å². The molecule has 0 aromatic rings. The van der Waals surface area contributed by atoms with Crippen LogP contribution in [0.4, 0.5) is 0 Å². The van der Waals surface area contributed by atoms with Gasteiger partial charge in [0.05, 0.1) is 0 Å². The van der Waals surface area contributed by atoms with Crippen molar-refractivity contribution in [2.45, 2.75) is 322 Å². The molecule has 0 amide bonds. The van der Waals surface area contributed by atoms with Gasteiger partial charge in [0, 0.05) is 19.3 Å². The van der Waals surface area contributed by atoms with Gasteiger partial charge >= 0.3 is 17.9 Å². The Morgan fingerprint density at radius 2 is 0.567 bits per heavy atom. The predicted molar refractivity (Wildman–Crippen MR) is 289 cm³/mol. The van der Waals surface area contributed by atoms with E-state index in [9.17, 15) is 14.4 Å². The molecule has 0 spiro atoms. The molecule has 6 nitrogen and oxygen atoms in total. The lowest BCUT2D eigenvalue weighted by Crippen LogP contribution is -2.30. The fourth-order valence-electron chi connectivity index (χ4n) is 8.67. The topological polar surface area (TPSA) is 78.9 Å². The summed E-state index contributed by atoms with van der Waals surface area (Å²) in [6.07, 6.45) is 67.2. The molecule has 0 fully saturated rings. The molecule has 0 heterocycles. The molecule has 0 bridgehead atoms. The van der Waals surface area contributed by atoms with Crippen LogP contribution in [0.25, 0.3) is 0 Å². The molecule has 0 aliphatic carbocycles. The SMILES string of the molecule is CCCCCCCC/C=C/C/C=C/CCC(=O)OCC(COC(=O)CCCCCCC/C=C/CCCCCCCCCCC)OC(=O)CCCCCCCCCCCCCCCCCCCC. The van der Waals surface area contributed by atoms with Gasteiger partial charge in [-0.1, -0.05) is 269 Å². The van der Waals surface area contributed by atoms with Crippen LogP contribution in [0.5, 0.6) is 0 Å². The van der Waals surface area contributed by atoms with Crippen LogP contribution in [0.2, 0.25) is 0 Å². The molecule has 0 aliphatic heterocycles. The summed E-state index contributed by atoms with van der Waals surface area (Å²) < 4.78 is 16.8. The van der Waals surface area contributed by atoms with Crippen molar-refractivity contribution in [3.63, 3.8) is 0 Å². The maximum absolute atomic E-state index is 12.9. The van der Waals surface area contributed by atoms with Crippen molar-refractivity contribution in [1.82, 2.24) is 0 Å². The van der Waals surface area contributed by atoms with E-state index < -0.39 is 6.10 Å². The van der Waals surface area contributed by atoms with Gasteiger partial charge in [-0.2, -0.15) is 0 Å². The van der Waals surface area contributed by atoms with Crippen LogP contribution >= 0.6 is 0 Å². The maximum atomic E-state index is 12.9. The van der Waals surface area contributed by atoms with Crippen molar-refractivity contribution in [3.8, 4) is 0 Å². The number of unbranched alkanes of at least 4 members (excludes halogenated alkanes) is 37. The number of hydrogen-bond acceptors (Lipinski definition) is 6. The lowest BCUT2D eigenvalue weighted by Gasteiger charge is -2.18. The summed E-state index contributed by atoms with van der Waals surface area (Å²) in [6.45, 7) is 6.62. The van der Waals surface area contributed by atoms with E-state index in [1.54, 1.807) is 0 Å². The van der Waals surface area contributed by atoms with Gasteiger partial charge in [0.25, 0.3) is 0 Å². The molecule has 67 heavy (non-hydrogen) atoms. The molecule has 392 valence electrons. The Hall–Kier alpha value is -2.37. The summed E-state index contributed by atoms with van der Waals surface area (Å²) in [4.78, 5) is 38.1. The van der Waals surface area contributed by atoms with Crippen LogP contribution in [0.3, 0.4) is 0 Å². The van der Waals surface area contributed by atoms with E-state index in [1.165, 1.54) is 212 Å². The molecule has 0 N–H and O–H groups in total. The van der Waals surface area contributed by atoms with Crippen LogP contribution in [0, 0.1) is 0 Å². The molecule has 1 unspecified atom stereocenters. The van der Waals surface area contributed by atoms with E-state index in [4.69, 9.17) is 14.2 Å². The van der Waals surface area contributed by atoms with Gasteiger partial charge in [0.2, 0.25) is 0 Å². The van der Waals surface area contributed by atoms with Crippen LogP contribution in [-0.4, -0.2) is 37.2 Å². The third kappa shape index (κ3) is 54.4. The van der Waals surface area contributed by atoms with E-state index in [-0.39, 0.29) is 37.5 Å². The van der Waals surface area contributed by atoms with Gasteiger partial charge in [-0.05, 0) is 64.2 Å². The number of hydrogen-bond donors (Lipinski definition) is 0. The Morgan fingerprint density at radius 3 is 0.925 bits per heavy atom. The highest BCUT2D eigenvalue weighted by atomic mass is 16.6. The highest BCUT2D eigenvalue weighted by molar-refractivity contribution is 5.71. The Kier molecular flexibility index (Phi) is 54.2. The smallest absolute Gasteiger partial charge is 0.306 e. The highest BCUT2D eigenvalue weighted by Crippen LogP contribution is 2.17. The summed E-state index contributed by atoms with van der Waals surface area (Å²) in [5.41, 5.74) is 0. The summed E-state index contributed by atoms with van der Waals surface area (Å²) >= 11 is 0. The number of allylic oxidation sites excluding steroid dienone is 6. The molecule has 0 saturated carbocycles. The van der Waals surface area contributed by atoms with E-state index in [0.29, 0.717) is 19.3 Å². The average Bonchev–Trinajstić information content (AvgIpc) is 3.33. The van der Waals surface area contributed by atoms with Crippen molar-refractivity contribution in [2.75, 3.05) is 13.2 Å². The van der Waals surface area contributed by atoms with Gasteiger partial charge in [0.15, 0.2) is 6.10 Å². The van der Waals surface area contributed by atoms with E-state index in [1.807, 2.05) is 6.08 Å². The quantitative estimate of drug-likeness (QED) is 0.0262. The summed E-state index contributed by atoms with van der Waals surface area (Å²) in [5, 5.41) is 0. The van der Waals surface area contributed by atoms with Crippen molar-refractivity contribution in [2.24, 2.45) is 0 Å². The van der Waals surface area contributed by atoms with Crippen molar-refractivity contribution in [3.05, 3.63) is 36.5 Å².